The molecule has 8 heteroatoms. The summed E-state index contributed by atoms with van der Waals surface area (Å²) in [5.74, 6) is 0.466. The molecule has 6 rings (SSSR count). The van der Waals surface area contributed by atoms with Gasteiger partial charge in [-0.25, -0.2) is 18.7 Å². The van der Waals surface area contributed by atoms with E-state index < -0.39 is 0 Å². The third-order valence-corrected chi connectivity index (χ3v) is 7.89. The molecule has 2 heterocycles. The maximum Gasteiger partial charge on any atom is 0.261 e. The van der Waals surface area contributed by atoms with E-state index in [0.29, 0.717) is 46.5 Å². The lowest BCUT2D eigenvalue weighted by molar-refractivity contribution is 0.523. The van der Waals surface area contributed by atoms with Crippen molar-refractivity contribution in [2.45, 2.75) is 38.8 Å². The highest BCUT2D eigenvalue weighted by molar-refractivity contribution is 5.80. The fourth-order valence-electron chi connectivity index (χ4n) is 5.44. The summed E-state index contributed by atoms with van der Waals surface area (Å²) in [6, 6.07) is 26.9. The summed E-state index contributed by atoms with van der Waals surface area (Å²) in [6.07, 6.45) is 10.4. The topological polar surface area (TPSA) is 69.8 Å². The van der Waals surface area contributed by atoms with Crippen LogP contribution in [0.1, 0.15) is 48.5 Å². The average Bonchev–Trinajstić information content (AvgIpc) is 3.07. The Kier molecular flexibility index (Phi) is 9.34. The van der Waals surface area contributed by atoms with Crippen LogP contribution in [0.3, 0.4) is 0 Å². The van der Waals surface area contributed by atoms with Gasteiger partial charge in [-0.2, -0.15) is 0 Å². The van der Waals surface area contributed by atoms with Crippen molar-refractivity contribution in [1.29, 1.82) is 0 Å². The normalized spacial score (nSPS) is 11.8. The molecule has 0 N–H and O–H groups in total. The van der Waals surface area contributed by atoms with Crippen LogP contribution in [0.15, 0.2) is 107 Å². The first-order valence-electron chi connectivity index (χ1n) is 15.3. The Morgan fingerprint density at radius 1 is 0.500 bits per heavy atom. The Morgan fingerprint density at radius 3 is 1.30 bits per heavy atom. The van der Waals surface area contributed by atoms with Crippen LogP contribution < -0.4 is 11.1 Å². The lowest BCUT2D eigenvalue weighted by Crippen LogP contribution is -2.24. The Morgan fingerprint density at radius 2 is 0.891 bits per heavy atom. The minimum atomic E-state index is -0.308. The van der Waals surface area contributed by atoms with Crippen molar-refractivity contribution in [1.82, 2.24) is 19.1 Å². The highest BCUT2D eigenvalue weighted by Crippen LogP contribution is 2.15. The number of para-hydroxylation sites is 2. The predicted octanol–water partition coefficient (Wildman–Crippen LogP) is 7.99. The number of hydrogen-bond donors (Lipinski definition) is 0. The first-order chi connectivity index (χ1) is 22.5. The fourth-order valence-corrected chi connectivity index (χ4v) is 5.44. The molecule has 4 aromatic carbocycles. The first kappa shape index (κ1) is 30.5. The molecular weight excluding hydrogens is 582 g/mol. The van der Waals surface area contributed by atoms with E-state index in [0.717, 1.165) is 36.8 Å². The summed E-state index contributed by atoms with van der Waals surface area (Å²) in [4.78, 5) is 36.4. The van der Waals surface area contributed by atoms with Gasteiger partial charge in [0.05, 0.1) is 21.8 Å². The Bertz CT molecular complexity index is 2010. The molecule has 0 saturated heterocycles. The molecule has 2 aromatic heterocycles. The summed E-state index contributed by atoms with van der Waals surface area (Å²) in [6.45, 7) is 0.978. The number of unbranched alkanes of at least 4 members (excludes halogenated alkanes) is 3. The molecular formula is C38H32F2N4O2. The fraction of sp³-hybridized carbons (Fsp3) is 0.158. The van der Waals surface area contributed by atoms with Crippen molar-refractivity contribution in [3.63, 3.8) is 0 Å². The molecule has 6 nitrogen and oxygen atoms in total. The number of halogens is 2. The van der Waals surface area contributed by atoms with E-state index in [1.54, 1.807) is 57.7 Å². The van der Waals surface area contributed by atoms with Crippen molar-refractivity contribution in [3.05, 3.63) is 152 Å². The monoisotopic (exact) mass is 614 g/mol. The van der Waals surface area contributed by atoms with Gasteiger partial charge in [-0.3, -0.25) is 18.7 Å². The van der Waals surface area contributed by atoms with Gasteiger partial charge in [0.25, 0.3) is 11.1 Å². The molecule has 0 fully saturated rings. The highest BCUT2D eigenvalue weighted by Gasteiger charge is 2.11. The van der Waals surface area contributed by atoms with Gasteiger partial charge < -0.3 is 0 Å². The Labute approximate surface area is 264 Å². The highest BCUT2D eigenvalue weighted by atomic mass is 19.1. The molecule has 0 aliphatic rings. The quantitative estimate of drug-likeness (QED) is 0.139. The van der Waals surface area contributed by atoms with Gasteiger partial charge in [0.2, 0.25) is 0 Å². The third-order valence-electron chi connectivity index (χ3n) is 7.89. The second-order valence-electron chi connectivity index (χ2n) is 11.1. The number of hydrogen-bond acceptors (Lipinski definition) is 4. The molecule has 230 valence electrons. The molecule has 0 aliphatic heterocycles. The molecule has 46 heavy (non-hydrogen) atoms. The summed E-state index contributed by atoms with van der Waals surface area (Å²) in [5.41, 5.74) is 2.66. The van der Waals surface area contributed by atoms with Crippen LogP contribution >= 0.6 is 0 Å². The Hall–Kier alpha value is -5.50. The summed E-state index contributed by atoms with van der Waals surface area (Å²) in [7, 11) is 0. The van der Waals surface area contributed by atoms with Gasteiger partial charge in [0.15, 0.2) is 0 Å². The van der Waals surface area contributed by atoms with E-state index in [2.05, 4.69) is 0 Å². The molecule has 0 saturated carbocycles. The molecule has 0 atom stereocenters. The van der Waals surface area contributed by atoms with Crippen LogP contribution in [0.2, 0.25) is 0 Å². The first-order valence-corrected chi connectivity index (χ1v) is 15.3. The summed E-state index contributed by atoms with van der Waals surface area (Å²) < 4.78 is 30.1. The largest absolute Gasteiger partial charge is 0.293 e. The maximum atomic E-state index is 13.4. The zero-order chi connectivity index (χ0) is 31.9. The molecule has 0 aliphatic carbocycles. The lowest BCUT2D eigenvalue weighted by atomic mass is 10.1. The van der Waals surface area contributed by atoms with E-state index >= 15 is 0 Å². The van der Waals surface area contributed by atoms with Crippen molar-refractivity contribution in [2.24, 2.45) is 0 Å². The number of nitrogens with zero attached hydrogens (tertiary/aromatic N) is 4. The predicted molar refractivity (Wildman–Crippen MR) is 181 cm³/mol. The number of benzene rings is 4. The van der Waals surface area contributed by atoms with Gasteiger partial charge >= 0.3 is 0 Å². The van der Waals surface area contributed by atoms with E-state index in [9.17, 15) is 18.4 Å². The van der Waals surface area contributed by atoms with Crippen LogP contribution in [-0.4, -0.2) is 19.1 Å². The average molecular weight is 615 g/mol. The number of rotatable bonds is 11. The maximum absolute atomic E-state index is 13.4. The molecule has 6 aromatic rings. The summed E-state index contributed by atoms with van der Waals surface area (Å²) in [5, 5.41) is 1.12. The van der Waals surface area contributed by atoms with Gasteiger partial charge in [-0.1, -0.05) is 73.5 Å². The molecule has 0 amide bonds. The van der Waals surface area contributed by atoms with E-state index in [1.165, 1.54) is 24.3 Å². The van der Waals surface area contributed by atoms with Crippen molar-refractivity contribution >= 4 is 46.1 Å². The minimum absolute atomic E-state index is 0.101. The van der Waals surface area contributed by atoms with E-state index in [1.807, 2.05) is 48.6 Å². The minimum Gasteiger partial charge on any atom is -0.293 e. The van der Waals surface area contributed by atoms with Crippen molar-refractivity contribution in [2.75, 3.05) is 0 Å². The second-order valence-corrected chi connectivity index (χ2v) is 11.1. The molecule has 0 bridgehead atoms. The lowest BCUT2D eigenvalue weighted by Gasteiger charge is -2.13. The van der Waals surface area contributed by atoms with E-state index in [4.69, 9.17) is 9.97 Å². The van der Waals surface area contributed by atoms with Crippen LogP contribution in [0.25, 0.3) is 46.1 Å². The zero-order valence-corrected chi connectivity index (χ0v) is 25.2. The van der Waals surface area contributed by atoms with Gasteiger partial charge in [0, 0.05) is 13.1 Å². The Balaban J connectivity index is 1.15. The summed E-state index contributed by atoms with van der Waals surface area (Å²) >= 11 is 0. The standard InChI is InChI=1S/C38H32F2N4O2/c39-29-19-13-27(14-20-29)17-23-35-41-33-11-5-3-9-31(33)37(45)43(35)25-7-1-2-8-26-44-36(24-18-28-15-21-30(40)22-16-28)42-34-12-6-4-10-32(34)38(44)46/h3-6,9-24H,1-2,7-8,25-26H2/b23-17+,24-18+. The van der Waals surface area contributed by atoms with Gasteiger partial charge in [-0.05, 0) is 84.7 Å². The SMILES string of the molecule is O=c1c2ccccc2nc(/C=C/c2ccc(F)cc2)n1CCCCCCn1c(/C=C/c2ccc(F)cc2)nc2ccccc2c1=O. The third kappa shape index (κ3) is 7.07. The van der Waals surface area contributed by atoms with Crippen LogP contribution in [-0.2, 0) is 13.1 Å². The molecule has 0 spiro atoms. The number of fused-ring (bicyclic) bond motifs is 2. The molecule has 0 radical (unpaired) electrons. The van der Waals surface area contributed by atoms with Crippen molar-refractivity contribution in [3.8, 4) is 0 Å². The molecule has 0 unspecified atom stereocenters. The smallest absolute Gasteiger partial charge is 0.261 e. The van der Waals surface area contributed by atoms with E-state index in [-0.39, 0.29) is 22.8 Å². The number of aromatic nitrogens is 4. The second kappa shape index (κ2) is 14.1. The van der Waals surface area contributed by atoms with Crippen LogP contribution in [0.5, 0.6) is 0 Å². The van der Waals surface area contributed by atoms with Crippen LogP contribution in [0, 0.1) is 11.6 Å². The van der Waals surface area contributed by atoms with Crippen molar-refractivity contribution < 1.29 is 8.78 Å². The van der Waals surface area contributed by atoms with Gasteiger partial charge in [-0.15, -0.1) is 0 Å². The van der Waals surface area contributed by atoms with Gasteiger partial charge in [0.1, 0.15) is 23.3 Å². The van der Waals surface area contributed by atoms with Crippen LogP contribution in [0.4, 0.5) is 8.78 Å². The zero-order valence-electron chi connectivity index (χ0n) is 25.2.